The van der Waals surface area contributed by atoms with Crippen molar-refractivity contribution < 1.29 is 26.0 Å². The summed E-state index contributed by atoms with van der Waals surface area (Å²) in [7, 11) is -8.05. The van der Waals surface area contributed by atoms with Crippen LogP contribution >= 0.6 is 19.6 Å². The second-order valence-corrected chi connectivity index (χ2v) is 4.68. The monoisotopic (exact) mass is 245 g/mol. The molecule has 1 N–H and O–H groups in total. The van der Waals surface area contributed by atoms with Gasteiger partial charge in [0.2, 0.25) is 0 Å². The molecule has 1 unspecified atom stereocenters. The molecule has 74 valence electrons. The van der Waals surface area contributed by atoms with Crippen molar-refractivity contribution in [2.75, 3.05) is 0 Å². The van der Waals surface area contributed by atoms with E-state index in [-0.39, 0.29) is 5.19 Å². The fourth-order valence-electron chi connectivity index (χ4n) is 0.443. The summed E-state index contributed by atoms with van der Waals surface area (Å²) in [6.45, 7) is 0. The molecule has 1 heterocycles. The van der Waals surface area contributed by atoms with Crippen molar-refractivity contribution in [1.29, 1.82) is 0 Å². The molecule has 0 aliphatic rings. The highest BCUT2D eigenvalue weighted by atomic mass is 32.3. The van der Waals surface area contributed by atoms with Gasteiger partial charge in [-0.05, 0) is 0 Å². The van der Waals surface area contributed by atoms with Crippen molar-refractivity contribution >= 4 is 30.0 Å². The lowest BCUT2D eigenvalue weighted by atomic mass is 11.0. The topological polar surface area (TPSA) is 103 Å². The van der Waals surface area contributed by atoms with E-state index in [0.29, 0.717) is 0 Å². The Balaban J connectivity index is 2.68. The maximum Gasteiger partial charge on any atom is 0.458 e. The quantitative estimate of drug-likeness (QED) is 0.754. The minimum atomic E-state index is -4.47. The van der Waals surface area contributed by atoms with E-state index < -0.39 is 18.7 Å². The van der Waals surface area contributed by atoms with Crippen LogP contribution in [0.25, 0.3) is 0 Å². The predicted octanol–water partition coefficient (Wildman–Crippen LogP) is 0.165. The van der Waals surface area contributed by atoms with Gasteiger partial charge in [-0.15, -0.1) is 0 Å². The van der Waals surface area contributed by atoms with Crippen LogP contribution in [0.4, 0.5) is 0 Å². The summed E-state index contributed by atoms with van der Waals surface area (Å²) in [5.74, 6) is 0. The van der Waals surface area contributed by atoms with E-state index in [9.17, 15) is 13.0 Å². The summed E-state index contributed by atoms with van der Waals surface area (Å²) >= 11 is 0.912. The van der Waals surface area contributed by atoms with Gasteiger partial charge in [-0.1, -0.05) is 11.3 Å². The van der Waals surface area contributed by atoms with E-state index in [0.717, 1.165) is 11.3 Å². The summed E-state index contributed by atoms with van der Waals surface area (Å²) in [5.41, 5.74) is 0. The summed E-state index contributed by atoms with van der Waals surface area (Å²) in [4.78, 5) is 11.6. The van der Waals surface area contributed by atoms with Crippen LogP contribution in [0, 0.1) is 0 Å². The fourth-order valence-corrected chi connectivity index (χ4v) is 2.26. The molecular weight excluding hydrogens is 241 g/mol. The first-order chi connectivity index (χ1) is 5.99. The molecule has 0 aliphatic heterocycles. The third-order valence-electron chi connectivity index (χ3n) is 0.756. The van der Waals surface area contributed by atoms with Gasteiger partial charge in [0.25, 0.3) is 5.19 Å². The molecule has 0 amide bonds. The fraction of sp³-hybridized carbons (Fsp3) is 0. The van der Waals surface area contributed by atoms with Crippen molar-refractivity contribution in [1.82, 2.24) is 4.98 Å². The van der Waals surface area contributed by atoms with Crippen molar-refractivity contribution in [3.05, 3.63) is 11.6 Å². The van der Waals surface area contributed by atoms with Gasteiger partial charge < -0.3 is 9.08 Å². The highest BCUT2D eigenvalue weighted by Gasteiger charge is 2.17. The molecule has 0 fully saturated rings. The first-order valence-electron chi connectivity index (χ1n) is 2.76. The summed E-state index contributed by atoms with van der Waals surface area (Å²) in [5, 5.41) is 1.30. The SMILES string of the molecule is O=[PH](O)OS(=O)(=O)Oc1nccs1. The Labute approximate surface area is 78.2 Å². The first kappa shape index (κ1) is 10.6. The third-order valence-corrected chi connectivity index (χ3v) is 3.26. The van der Waals surface area contributed by atoms with E-state index in [1.54, 1.807) is 0 Å². The molecule has 10 heteroatoms. The van der Waals surface area contributed by atoms with E-state index in [1.807, 2.05) is 0 Å². The van der Waals surface area contributed by atoms with E-state index in [2.05, 4.69) is 13.1 Å². The lowest BCUT2D eigenvalue weighted by Crippen LogP contribution is -2.09. The maximum atomic E-state index is 10.7. The van der Waals surface area contributed by atoms with Crippen molar-refractivity contribution in [3.63, 3.8) is 0 Å². The molecule has 0 spiro atoms. The van der Waals surface area contributed by atoms with Crippen molar-refractivity contribution in [2.45, 2.75) is 0 Å². The standard InChI is InChI=1S/C3H4NO6PS2/c5-11(6)10-13(7,8)9-3-4-1-2-12-3/h1-2,11H,(H,5,6). The van der Waals surface area contributed by atoms with Crippen LogP contribution in [0.15, 0.2) is 11.6 Å². The molecule has 0 radical (unpaired) electrons. The smallest absolute Gasteiger partial charge is 0.330 e. The summed E-state index contributed by atoms with van der Waals surface area (Å²) in [6.07, 6.45) is 1.32. The Kier molecular flexibility index (Phi) is 3.40. The number of thiazole rings is 1. The number of hydrogen-bond acceptors (Lipinski definition) is 7. The van der Waals surface area contributed by atoms with Gasteiger partial charge in [-0.2, -0.15) is 12.4 Å². The zero-order valence-corrected chi connectivity index (χ0v) is 8.54. The lowest BCUT2D eigenvalue weighted by molar-refractivity contribution is 0.360. The minimum Gasteiger partial charge on any atom is -0.330 e. The Morgan fingerprint density at radius 1 is 1.62 bits per heavy atom. The second kappa shape index (κ2) is 4.16. The largest absolute Gasteiger partial charge is 0.458 e. The highest BCUT2D eigenvalue weighted by Crippen LogP contribution is 2.23. The van der Waals surface area contributed by atoms with Crippen molar-refractivity contribution in [2.24, 2.45) is 0 Å². The predicted molar refractivity (Wildman–Crippen MR) is 44.0 cm³/mol. The van der Waals surface area contributed by atoms with Crippen LogP contribution in [0.1, 0.15) is 0 Å². The van der Waals surface area contributed by atoms with Gasteiger partial charge in [0.15, 0.2) is 0 Å². The van der Waals surface area contributed by atoms with Gasteiger partial charge in [0.1, 0.15) is 0 Å². The minimum absolute atomic E-state index is 0.178. The van der Waals surface area contributed by atoms with Gasteiger partial charge in [-0.3, -0.25) is 4.57 Å². The van der Waals surface area contributed by atoms with Crippen LogP contribution in [0.2, 0.25) is 0 Å². The number of nitrogens with zero attached hydrogens (tertiary/aromatic N) is 1. The van der Waals surface area contributed by atoms with Crippen LogP contribution in [-0.2, 0) is 18.9 Å². The molecule has 7 nitrogen and oxygen atoms in total. The number of rotatable bonds is 4. The van der Waals surface area contributed by atoms with Crippen molar-refractivity contribution in [3.8, 4) is 5.19 Å². The second-order valence-electron chi connectivity index (χ2n) is 1.64. The molecular formula is C3H4NO6PS2. The van der Waals surface area contributed by atoms with Gasteiger partial charge >= 0.3 is 18.7 Å². The molecule has 1 aromatic heterocycles. The average Bonchev–Trinajstić information content (AvgIpc) is 2.34. The van der Waals surface area contributed by atoms with Crippen LogP contribution in [0.3, 0.4) is 0 Å². The average molecular weight is 245 g/mol. The maximum absolute atomic E-state index is 10.7. The molecule has 0 aromatic carbocycles. The van der Waals surface area contributed by atoms with Gasteiger partial charge in [0, 0.05) is 11.6 Å². The molecule has 0 saturated carbocycles. The summed E-state index contributed by atoms with van der Waals surface area (Å²) in [6, 6.07) is 0. The molecule has 0 bridgehead atoms. The molecule has 1 aromatic rings. The highest BCUT2D eigenvalue weighted by molar-refractivity contribution is 7.85. The van der Waals surface area contributed by atoms with E-state index in [1.165, 1.54) is 11.6 Å². The molecule has 1 rings (SSSR count). The Hall–Kier alpha value is -0.470. The van der Waals surface area contributed by atoms with Crippen LogP contribution in [-0.4, -0.2) is 18.3 Å². The Morgan fingerprint density at radius 2 is 2.31 bits per heavy atom. The normalized spacial score (nSPS) is 13.9. The van der Waals surface area contributed by atoms with Crippen LogP contribution < -0.4 is 4.18 Å². The Bertz CT molecular complexity index is 384. The number of aromatic nitrogens is 1. The Morgan fingerprint density at radius 3 is 2.77 bits per heavy atom. The van der Waals surface area contributed by atoms with Gasteiger partial charge in [0.05, 0.1) is 0 Å². The molecule has 13 heavy (non-hydrogen) atoms. The summed E-state index contributed by atoms with van der Waals surface area (Å²) < 4.78 is 39.2. The molecule has 0 aliphatic carbocycles. The van der Waals surface area contributed by atoms with E-state index >= 15 is 0 Å². The molecule has 1 atom stereocenters. The third kappa shape index (κ3) is 3.83. The van der Waals surface area contributed by atoms with E-state index in [4.69, 9.17) is 4.89 Å². The zero-order valence-electron chi connectivity index (χ0n) is 5.91. The van der Waals surface area contributed by atoms with Crippen LogP contribution in [0.5, 0.6) is 5.19 Å². The molecule has 0 saturated heterocycles. The number of hydrogen-bond donors (Lipinski definition) is 1. The zero-order chi connectivity index (χ0) is 9.90. The lowest BCUT2D eigenvalue weighted by Gasteiger charge is -1.99. The van der Waals surface area contributed by atoms with Gasteiger partial charge in [-0.25, -0.2) is 4.98 Å². The first-order valence-corrected chi connectivity index (χ1v) is 6.23.